The van der Waals surface area contributed by atoms with Gasteiger partial charge in [-0.25, -0.2) is 4.79 Å². The molecule has 44 heavy (non-hydrogen) atoms. The number of urea groups is 1. The molecule has 0 bridgehead atoms. The Morgan fingerprint density at radius 3 is 2.45 bits per heavy atom. The minimum atomic E-state index is -1.01. The molecule has 1 aromatic carbocycles. The number of carboxylic acids is 1. The zero-order valence-corrected chi connectivity index (χ0v) is 26.3. The lowest BCUT2D eigenvalue weighted by Crippen LogP contribution is -2.61. The summed E-state index contributed by atoms with van der Waals surface area (Å²) >= 11 is 1.39. The molecule has 3 N–H and O–H groups in total. The Kier molecular flexibility index (Phi) is 10.4. The third-order valence-electron chi connectivity index (χ3n) is 8.89. The number of amides is 4. The second-order valence-electron chi connectivity index (χ2n) is 12.1. The lowest BCUT2D eigenvalue weighted by molar-refractivity contribution is -0.137. The van der Waals surface area contributed by atoms with Crippen LogP contribution in [0.4, 0.5) is 16.2 Å². The normalized spacial score (nSPS) is 21.9. The molecule has 0 spiro atoms. The van der Waals surface area contributed by atoms with Crippen LogP contribution in [-0.4, -0.2) is 90.2 Å². The Morgan fingerprint density at radius 2 is 1.77 bits per heavy atom. The van der Waals surface area contributed by atoms with Crippen molar-refractivity contribution >= 4 is 46.5 Å². The molecule has 2 aliphatic heterocycles. The molecule has 3 atom stereocenters. The second kappa shape index (κ2) is 14.4. The van der Waals surface area contributed by atoms with Crippen LogP contribution in [0.25, 0.3) is 0 Å². The van der Waals surface area contributed by atoms with Gasteiger partial charge in [-0.05, 0) is 56.3 Å². The minimum Gasteiger partial charge on any atom is -0.481 e. The van der Waals surface area contributed by atoms with E-state index in [-0.39, 0.29) is 36.4 Å². The Labute approximate surface area is 262 Å². The van der Waals surface area contributed by atoms with Gasteiger partial charge >= 0.3 is 12.0 Å². The average Bonchev–Trinajstić information content (AvgIpc) is 3.57. The molecule has 1 aliphatic carbocycles. The molecule has 2 saturated heterocycles. The van der Waals surface area contributed by atoms with Crippen molar-refractivity contribution in [1.82, 2.24) is 15.1 Å². The number of rotatable bonds is 8. The van der Waals surface area contributed by atoms with Gasteiger partial charge in [0.15, 0.2) is 0 Å². The summed E-state index contributed by atoms with van der Waals surface area (Å²) in [5.41, 5.74) is 1.68. The van der Waals surface area contributed by atoms with Gasteiger partial charge in [0.05, 0.1) is 37.1 Å². The van der Waals surface area contributed by atoms with E-state index in [1.807, 2.05) is 40.3 Å². The van der Waals surface area contributed by atoms with Gasteiger partial charge in [-0.1, -0.05) is 25.3 Å². The van der Waals surface area contributed by atoms with Crippen LogP contribution in [0.3, 0.4) is 0 Å². The number of nitrogens with one attached hydrogen (secondary N) is 2. The standard InChI is InChI=1S/C32H43N5O6S/c1-21-20-37(32(42)35-12-14-43-15-13-35)22(2)19-36(21)27-11-10-24(17-25(27)33-30(40)23-7-4-3-5-8-23)31(41)34-26(18-29(38)39)28-9-6-16-44-28/h6,9-11,16-17,21-23,26H,3-5,7-8,12-15,18-20H2,1-2H3,(H,33,40)(H,34,41)(H,38,39). The molecule has 0 radical (unpaired) electrons. The monoisotopic (exact) mass is 625 g/mol. The first-order chi connectivity index (χ1) is 21.2. The molecule has 3 unspecified atom stereocenters. The summed E-state index contributed by atoms with van der Waals surface area (Å²) in [5.74, 6) is -1.54. The van der Waals surface area contributed by atoms with Crippen LogP contribution in [0.5, 0.6) is 0 Å². The summed E-state index contributed by atoms with van der Waals surface area (Å²) in [4.78, 5) is 58.5. The van der Waals surface area contributed by atoms with E-state index in [1.54, 1.807) is 12.1 Å². The molecule has 1 aromatic heterocycles. The van der Waals surface area contributed by atoms with E-state index < -0.39 is 17.9 Å². The zero-order valence-electron chi connectivity index (χ0n) is 25.5. The summed E-state index contributed by atoms with van der Waals surface area (Å²) in [7, 11) is 0. The van der Waals surface area contributed by atoms with Crippen molar-refractivity contribution < 1.29 is 29.0 Å². The van der Waals surface area contributed by atoms with Crippen molar-refractivity contribution in [3.8, 4) is 0 Å². The molecular weight excluding hydrogens is 582 g/mol. The van der Waals surface area contributed by atoms with E-state index in [2.05, 4.69) is 22.5 Å². The molecule has 1 saturated carbocycles. The Morgan fingerprint density at radius 1 is 1.02 bits per heavy atom. The first-order valence-corrected chi connectivity index (χ1v) is 16.5. The number of anilines is 2. The van der Waals surface area contributed by atoms with E-state index in [0.717, 1.165) is 42.7 Å². The fourth-order valence-corrected chi connectivity index (χ4v) is 7.20. The number of hydrogen-bond donors (Lipinski definition) is 3. The first-order valence-electron chi connectivity index (χ1n) is 15.6. The van der Waals surface area contributed by atoms with Gasteiger partial charge in [0.1, 0.15) is 0 Å². The van der Waals surface area contributed by atoms with Crippen molar-refractivity contribution in [3.05, 3.63) is 46.2 Å². The van der Waals surface area contributed by atoms with Gasteiger partial charge in [0, 0.05) is 54.6 Å². The highest BCUT2D eigenvalue weighted by molar-refractivity contribution is 7.10. The first kappa shape index (κ1) is 31.8. The van der Waals surface area contributed by atoms with Crippen molar-refractivity contribution in [2.45, 2.75) is 70.5 Å². The number of aliphatic carboxylic acids is 1. The van der Waals surface area contributed by atoms with E-state index in [1.165, 1.54) is 11.3 Å². The van der Waals surface area contributed by atoms with Crippen LogP contribution in [0, 0.1) is 5.92 Å². The van der Waals surface area contributed by atoms with Crippen LogP contribution < -0.4 is 15.5 Å². The molecule has 238 valence electrons. The summed E-state index contributed by atoms with van der Waals surface area (Å²) in [6.45, 7) is 7.44. The van der Waals surface area contributed by atoms with Gasteiger partial charge in [0.2, 0.25) is 5.91 Å². The Bertz CT molecular complexity index is 1320. The molecule has 11 nitrogen and oxygen atoms in total. The summed E-state index contributed by atoms with van der Waals surface area (Å²) in [6, 6.07) is 8.13. The van der Waals surface area contributed by atoms with Crippen molar-refractivity contribution in [1.29, 1.82) is 0 Å². The SMILES string of the molecule is CC1CN(c2ccc(C(=O)NC(CC(=O)O)c3cccs3)cc2NC(=O)C2CCCCC2)C(C)CN1C(=O)N1CCOCC1. The number of carbonyl (C=O) groups excluding carboxylic acids is 3. The second-order valence-corrected chi connectivity index (χ2v) is 13.1. The highest BCUT2D eigenvalue weighted by Gasteiger charge is 2.36. The molecule has 3 fully saturated rings. The van der Waals surface area contributed by atoms with Crippen LogP contribution in [-0.2, 0) is 14.3 Å². The topological polar surface area (TPSA) is 132 Å². The average molecular weight is 626 g/mol. The summed E-state index contributed by atoms with van der Waals surface area (Å²) in [6.07, 6.45) is 4.63. The number of morpholine rings is 1. The summed E-state index contributed by atoms with van der Waals surface area (Å²) < 4.78 is 5.42. The fourth-order valence-electron chi connectivity index (χ4n) is 6.42. The largest absolute Gasteiger partial charge is 0.481 e. The minimum absolute atomic E-state index is 0.0202. The molecule has 12 heteroatoms. The maximum Gasteiger partial charge on any atom is 0.320 e. The third kappa shape index (κ3) is 7.52. The van der Waals surface area contributed by atoms with Gasteiger partial charge in [0.25, 0.3) is 5.91 Å². The number of nitrogens with zero attached hydrogens (tertiary/aromatic N) is 3. The van der Waals surface area contributed by atoms with Crippen molar-refractivity contribution in [2.24, 2.45) is 5.92 Å². The third-order valence-corrected chi connectivity index (χ3v) is 9.87. The van der Waals surface area contributed by atoms with Crippen molar-refractivity contribution in [2.75, 3.05) is 49.6 Å². The van der Waals surface area contributed by atoms with E-state index in [0.29, 0.717) is 50.6 Å². The number of ether oxygens (including phenoxy) is 1. The van der Waals surface area contributed by atoms with Gasteiger partial charge < -0.3 is 35.2 Å². The van der Waals surface area contributed by atoms with Gasteiger partial charge in [-0.3, -0.25) is 14.4 Å². The van der Waals surface area contributed by atoms with Crippen LogP contribution in [0.15, 0.2) is 35.7 Å². The molecule has 4 amide bonds. The number of benzene rings is 1. The fraction of sp³-hybridized carbons (Fsp3) is 0.562. The quantitative estimate of drug-likeness (QED) is 0.392. The van der Waals surface area contributed by atoms with E-state index in [9.17, 15) is 24.3 Å². The lowest BCUT2D eigenvalue weighted by Gasteiger charge is -2.47. The van der Waals surface area contributed by atoms with E-state index in [4.69, 9.17) is 4.74 Å². The highest BCUT2D eigenvalue weighted by Crippen LogP contribution is 2.34. The zero-order chi connectivity index (χ0) is 31.2. The number of hydrogen-bond acceptors (Lipinski definition) is 7. The van der Waals surface area contributed by atoms with Crippen molar-refractivity contribution in [3.63, 3.8) is 0 Å². The smallest absolute Gasteiger partial charge is 0.320 e. The molecule has 3 aliphatic rings. The van der Waals surface area contributed by atoms with Crippen LogP contribution in [0.1, 0.15) is 73.6 Å². The number of thiophene rings is 1. The predicted molar refractivity (Wildman–Crippen MR) is 169 cm³/mol. The summed E-state index contributed by atoms with van der Waals surface area (Å²) in [5, 5.41) is 17.3. The van der Waals surface area contributed by atoms with Crippen LogP contribution in [0.2, 0.25) is 0 Å². The molecular formula is C32H43N5O6S. The van der Waals surface area contributed by atoms with E-state index >= 15 is 0 Å². The number of piperazine rings is 1. The van der Waals surface area contributed by atoms with Crippen LogP contribution >= 0.6 is 11.3 Å². The van der Waals surface area contributed by atoms with Gasteiger partial charge in [-0.2, -0.15) is 0 Å². The maximum atomic E-state index is 13.5. The molecule has 5 rings (SSSR count). The molecule has 2 aromatic rings. The highest BCUT2D eigenvalue weighted by atomic mass is 32.1. The van der Waals surface area contributed by atoms with Gasteiger partial charge in [-0.15, -0.1) is 11.3 Å². The number of carbonyl (C=O) groups is 4. The predicted octanol–water partition coefficient (Wildman–Crippen LogP) is 4.56. The lowest BCUT2D eigenvalue weighted by atomic mass is 9.88. The Balaban J connectivity index is 1.39. The molecule has 3 heterocycles. The number of carboxylic acid groups (broad SMARTS) is 1. The Hall–Kier alpha value is -3.64. The maximum absolute atomic E-state index is 13.5.